The third-order valence-corrected chi connectivity index (χ3v) is 3.92. The molecule has 0 saturated carbocycles. The van der Waals surface area contributed by atoms with Gasteiger partial charge < -0.3 is 10.2 Å². The van der Waals surface area contributed by atoms with Gasteiger partial charge in [-0.3, -0.25) is 14.8 Å². The van der Waals surface area contributed by atoms with E-state index in [1.54, 1.807) is 12.4 Å². The average Bonchev–Trinajstić information content (AvgIpc) is 2.54. The number of amides is 1. The summed E-state index contributed by atoms with van der Waals surface area (Å²) >= 11 is 0. The quantitative estimate of drug-likeness (QED) is 0.897. The molecule has 3 heterocycles. The molecule has 1 aliphatic rings. The first-order valence-electron chi connectivity index (χ1n) is 6.96. The third kappa shape index (κ3) is 2.36. The zero-order chi connectivity index (χ0) is 13.9. The summed E-state index contributed by atoms with van der Waals surface area (Å²) in [7, 11) is 1.97. The average molecular weight is 270 g/mol. The van der Waals surface area contributed by atoms with E-state index in [2.05, 4.69) is 15.3 Å². The molecule has 1 aliphatic heterocycles. The largest absolute Gasteiger partial charge is 0.337 e. The molecule has 0 spiro atoms. The number of carbonyl (C=O) groups is 1. The van der Waals surface area contributed by atoms with Gasteiger partial charge in [0.1, 0.15) is 5.69 Å². The second-order valence-corrected chi connectivity index (χ2v) is 5.08. The standard InChI is InChI=1S/C15H18N4O/c1-16-11-5-9-19(10-6-11)15(20)14-12-3-2-7-17-13(12)4-8-18-14/h2-4,7-8,11,16H,5-6,9-10H2,1H3. The van der Waals surface area contributed by atoms with Gasteiger partial charge in [-0.05, 0) is 38.1 Å². The number of hydrogen-bond acceptors (Lipinski definition) is 4. The zero-order valence-electron chi connectivity index (χ0n) is 11.5. The number of pyridine rings is 2. The molecule has 1 saturated heterocycles. The van der Waals surface area contributed by atoms with E-state index in [9.17, 15) is 4.79 Å². The highest BCUT2D eigenvalue weighted by atomic mass is 16.2. The van der Waals surface area contributed by atoms with E-state index in [4.69, 9.17) is 0 Å². The molecule has 1 N–H and O–H groups in total. The van der Waals surface area contributed by atoms with Crippen LogP contribution in [0.25, 0.3) is 10.9 Å². The molecule has 0 unspecified atom stereocenters. The van der Waals surface area contributed by atoms with Crippen molar-refractivity contribution in [2.45, 2.75) is 18.9 Å². The smallest absolute Gasteiger partial charge is 0.273 e. The highest BCUT2D eigenvalue weighted by molar-refractivity contribution is 6.04. The molecule has 0 bridgehead atoms. The monoisotopic (exact) mass is 270 g/mol. The lowest BCUT2D eigenvalue weighted by Crippen LogP contribution is -2.44. The minimum Gasteiger partial charge on any atom is -0.337 e. The van der Waals surface area contributed by atoms with E-state index < -0.39 is 0 Å². The van der Waals surface area contributed by atoms with Crippen molar-refractivity contribution in [3.8, 4) is 0 Å². The molecule has 0 radical (unpaired) electrons. The predicted octanol–water partition coefficient (Wildman–Crippen LogP) is 1.45. The van der Waals surface area contributed by atoms with Gasteiger partial charge in [0.15, 0.2) is 0 Å². The number of hydrogen-bond donors (Lipinski definition) is 1. The van der Waals surface area contributed by atoms with E-state index in [0.717, 1.165) is 36.8 Å². The van der Waals surface area contributed by atoms with Crippen LogP contribution in [-0.4, -0.2) is 47.0 Å². The number of piperidine rings is 1. The molecule has 3 rings (SSSR count). The number of aromatic nitrogens is 2. The summed E-state index contributed by atoms with van der Waals surface area (Å²) in [6, 6.07) is 6.09. The van der Waals surface area contributed by atoms with Gasteiger partial charge in [0.2, 0.25) is 0 Å². The van der Waals surface area contributed by atoms with E-state index in [0.29, 0.717) is 11.7 Å². The topological polar surface area (TPSA) is 58.1 Å². The predicted molar refractivity (Wildman–Crippen MR) is 77.5 cm³/mol. The first kappa shape index (κ1) is 13.0. The Balaban J connectivity index is 1.86. The fourth-order valence-electron chi connectivity index (χ4n) is 2.69. The molecule has 5 heteroatoms. The minimum atomic E-state index is 0.0122. The molecule has 2 aromatic rings. The molecule has 0 aliphatic carbocycles. The lowest BCUT2D eigenvalue weighted by Gasteiger charge is -2.31. The fourth-order valence-corrected chi connectivity index (χ4v) is 2.69. The SMILES string of the molecule is CNC1CCN(C(=O)c2nccc3ncccc23)CC1. The van der Waals surface area contributed by atoms with E-state index in [1.807, 2.05) is 30.1 Å². The van der Waals surface area contributed by atoms with Gasteiger partial charge in [0.25, 0.3) is 5.91 Å². The van der Waals surface area contributed by atoms with Gasteiger partial charge in [-0.1, -0.05) is 0 Å². The summed E-state index contributed by atoms with van der Waals surface area (Å²) in [6.45, 7) is 1.56. The summed E-state index contributed by atoms with van der Waals surface area (Å²) in [4.78, 5) is 23.1. The molecule has 20 heavy (non-hydrogen) atoms. The number of nitrogens with zero attached hydrogens (tertiary/aromatic N) is 3. The Labute approximate surface area is 118 Å². The highest BCUT2D eigenvalue weighted by Crippen LogP contribution is 2.18. The summed E-state index contributed by atoms with van der Waals surface area (Å²) in [6.07, 6.45) is 5.37. The van der Waals surface area contributed by atoms with Crippen LogP contribution in [-0.2, 0) is 0 Å². The molecule has 2 aromatic heterocycles. The Morgan fingerprint density at radius 1 is 1.25 bits per heavy atom. The molecule has 5 nitrogen and oxygen atoms in total. The summed E-state index contributed by atoms with van der Waals surface area (Å²) in [5.74, 6) is 0.0122. The van der Waals surface area contributed by atoms with Gasteiger partial charge in [0, 0.05) is 36.9 Å². The van der Waals surface area contributed by atoms with Crippen molar-refractivity contribution in [2.75, 3.05) is 20.1 Å². The van der Waals surface area contributed by atoms with Crippen molar-refractivity contribution >= 4 is 16.8 Å². The highest BCUT2D eigenvalue weighted by Gasteiger charge is 2.24. The van der Waals surface area contributed by atoms with Crippen molar-refractivity contribution < 1.29 is 4.79 Å². The Bertz CT molecular complexity index is 615. The van der Waals surface area contributed by atoms with Gasteiger partial charge >= 0.3 is 0 Å². The van der Waals surface area contributed by atoms with E-state index in [-0.39, 0.29) is 5.91 Å². The second kappa shape index (κ2) is 5.54. The first-order valence-corrected chi connectivity index (χ1v) is 6.96. The van der Waals surface area contributed by atoms with Gasteiger partial charge in [-0.15, -0.1) is 0 Å². The van der Waals surface area contributed by atoms with Gasteiger partial charge in [-0.2, -0.15) is 0 Å². The molecule has 0 aromatic carbocycles. The molecule has 0 atom stereocenters. The van der Waals surface area contributed by atoms with Crippen molar-refractivity contribution in [1.29, 1.82) is 0 Å². The van der Waals surface area contributed by atoms with E-state index in [1.165, 1.54) is 0 Å². The summed E-state index contributed by atoms with van der Waals surface area (Å²) in [5, 5.41) is 4.10. The molecule has 104 valence electrons. The second-order valence-electron chi connectivity index (χ2n) is 5.08. The van der Waals surface area contributed by atoms with Crippen LogP contribution in [0.3, 0.4) is 0 Å². The normalized spacial score (nSPS) is 16.6. The van der Waals surface area contributed by atoms with Gasteiger partial charge in [-0.25, -0.2) is 0 Å². The molecule has 1 fully saturated rings. The number of carbonyl (C=O) groups excluding carboxylic acids is 1. The number of rotatable bonds is 2. The summed E-state index contributed by atoms with van der Waals surface area (Å²) < 4.78 is 0. The third-order valence-electron chi connectivity index (χ3n) is 3.92. The minimum absolute atomic E-state index is 0.0122. The first-order chi connectivity index (χ1) is 9.79. The van der Waals surface area contributed by atoms with Crippen LogP contribution in [0.2, 0.25) is 0 Å². The lowest BCUT2D eigenvalue weighted by molar-refractivity contribution is 0.0703. The van der Waals surface area contributed by atoms with Crippen LogP contribution in [0.15, 0.2) is 30.6 Å². The van der Waals surface area contributed by atoms with E-state index >= 15 is 0 Å². The molecular formula is C15H18N4O. The lowest BCUT2D eigenvalue weighted by atomic mass is 10.0. The van der Waals surface area contributed by atoms with Gasteiger partial charge in [0.05, 0.1) is 5.52 Å². The fraction of sp³-hybridized carbons (Fsp3) is 0.400. The Kier molecular flexibility index (Phi) is 3.60. The van der Waals surface area contributed by atoms with Crippen LogP contribution in [0.1, 0.15) is 23.3 Å². The van der Waals surface area contributed by atoms with Crippen molar-refractivity contribution in [3.05, 3.63) is 36.3 Å². The molecule has 1 amide bonds. The maximum absolute atomic E-state index is 12.6. The Morgan fingerprint density at radius 3 is 2.80 bits per heavy atom. The van der Waals surface area contributed by atoms with Crippen molar-refractivity contribution in [3.63, 3.8) is 0 Å². The number of likely N-dealkylation sites (tertiary alicyclic amines) is 1. The molecular weight excluding hydrogens is 252 g/mol. The van der Waals surface area contributed by atoms with Crippen LogP contribution >= 0.6 is 0 Å². The maximum Gasteiger partial charge on any atom is 0.273 e. The van der Waals surface area contributed by atoms with Crippen LogP contribution < -0.4 is 5.32 Å². The number of fused-ring (bicyclic) bond motifs is 1. The van der Waals surface area contributed by atoms with Crippen molar-refractivity contribution in [2.24, 2.45) is 0 Å². The van der Waals surface area contributed by atoms with Crippen molar-refractivity contribution in [1.82, 2.24) is 20.2 Å². The van der Waals surface area contributed by atoms with Crippen LogP contribution in [0, 0.1) is 0 Å². The Morgan fingerprint density at radius 2 is 2.05 bits per heavy atom. The van der Waals surface area contributed by atoms with Crippen LogP contribution in [0.5, 0.6) is 0 Å². The summed E-state index contributed by atoms with van der Waals surface area (Å²) in [5.41, 5.74) is 1.33. The maximum atomic E-state index is 12.6. The Hall–Kier alpha value is -2.01. The number of nitrogens with one attached hydrogen (secondary N) is 1. The zero-order valence-corrected chi connectivity index (χ0v) is 11.5. The van der Waals surface area contributed by atoms with Crippen LogP contribution in [0.4, 0.5) is 0 Å².